The molecule has 0 saturated carbocycles. The number of hydrogen-bond donors (Lipinski definition) is 0. The maximum atomic E-state index is 11.6. The Morgan fingerprint density at radius 1 is 1.17 bits per heavy atom. The third kappa shape index (κ3) is 3.17. The standard InChI is InChI=1S/C15H15NO2/c1-2-18-15(17)14-11-13(8-9-16-14)10-12-6-4-3-5-7-12/h3-9,11H,2,10H2,1H3. The number of aromatic nitrogens is 1. The van der Waals surface area contributed by atoms with Crippen molar-refractivity contribution in [3.63, 3.8) is 0 Å². The zero-order valence-corrected chi connectivity index (χ0v) is 10.3. The molecule has 3 nitrogen and oxygen atoms in total. The highest BCUT2D eigenvalue weighted by Gasteiger charge is 2.08. The van der Waals surface area contributed by atoms with Gasteiger partial charge in [-0.1, -0.05) is 30.3 Å². The van der Waals surface area contributed by atoms with Gasteiger partial charge < -0.3 is 4.74 Å². The predicted octanol–water partition coefficient (Wildman–Crippen LogP) is 2.85. The van der Waals surface area contributed by atoms with Crippen LogP contribution in [0.1, 0.15) is 28.5 Å². The van der Waals surface area contributed by atoms with Gasteiger partial charge >= 0.3 is 5.97 Å². The summed E-state index contributed by atoms with van der Waals surface area (Å²) in [7, 11) is 0. The van der Waals surface area contributed by atoms with Crippen molar-refractivity contribution in [3.05, 3.63) is 65.5 Å². The quantitative estimate of drug-likeness (QED) is 0.773. The Morgan fingerprint density at radius 2 is 1.94 bits per heavy atom. The van der Waals surface area contributed by atoms with Crippen LogP contribution < -0.4 is 0 Å². The molecule has 0 bridgehead atoms. The van der Waals surface area contributed by atoms with E-state index in [1.165, 1.54) is 5.56 Å². The first-order valence-corrected chi connectivity index (χ1v) is 5.95. The van der Waals surface area contributed by atoms with Crippen molar-refractivity contribution < 1.29 is 9.53 Å². The lowest BCUT2D eigenvalue weighted by Crippen LogP contribution is -2.07. The van der Waals surface area contributed by atoms with Gasteiger partial charge in [-0.15, -0.1) is 0 Å². The molecule has 0 aliphatic carbocycles. The van der Waals surface area contributed by atoms with Gasteiger partial charge in [0.25, 0.3) is 0 Å². The Hall–Kier alpha value is -2.16. The number of carbonyl (C=O) groups excluding carboxylic acids is 1. The summed E-state index contributed by atoms with van der Waals surface area (Å²) in [5.41, 5.74) is 2.63. The molecule has 0 aliphatic rings. The van der Waals surface area contributed by atoms with Gasteiger partial charge in [0, 0.05) is 6.20 Å². The number of pyridine rings is 1. The fourth-order valence-electron chi connectivity index (χ4n) is 1.73. The van der Waals surface area contributed by atoms with Crippen molar-refractivity contribution in [3.8, 4) is 0 Å². The topological polar surface area (TPSA) is 39.2 Å². The second-order valence-corrected chi connectivity index (χ2v) is 3.93. The first-order valence-electron chi connectivity index (χ1n) is 5.95. The molecular weight excluding hydrogens is 226 g/mol. The summed E-state index contributed by atoms with van der Waals surface area (Å²) in [4.78, 5) is 15.6. The van der Waals surface area contributed by atoms with E-state index in [0.717, 1.165) is 12.0 Å². The van der Waals surface area contributed by atoms with Crippen molar-refractivity contribution in [2.45, 2.75) is 13.3 Å². The van der Waals surface area contributed by atoms with E-state index >= 15 is 0 Å². The van der Waals surface area contributed by atoms with Crippen molar-refractivity contribution in [1.82, 2.24) is 4.98 Å². The Morgan fingerprint density at radius 3 is 2.67 bits per heavy atom. The maximum absolute atomic E-state index is 11.6. The van der Waals surface area contributed by atoms with E-state index in [-0.39, 0.29) is 5.97 Å². The van der Waals surface area contributed by atoms with Crippen LogP contribution in [0.2, 0.25) is 0 Å². The third-order valence-corrected chi connectivity index (χ3v) is 2.56. The second kappa shape index (κ2) is 5.96. The molecular formula is C15H15NO2. The van der Waals surface area contributed by atoms with Gasteiger partial charge in [0.15, 0.2) is 0 Å². The SMILES string of the molecule is CCOC(=O)c1cc(Cc2ccccc2)ccn1. The summed E-state index contributed by atoms with van der Waals surface area (Å²) in [6.45, 7) is 2.15. The molecule has 92 valence electrons. The summed E-state index contributed by atoms with van der Waals surface area (Å²) in [6.07, 6.45) is 2.43. The van der Waals surface area contributed by atoms with Crippen molar-refractivity contribution >= 4 is 5.97 Å². The van der Waals surface area contributed by atoms with Gasteiger partial charge in [-0.05, 0) is 36.6 Å². The van der Waals surface area contributed by atoms with Gasteiger partial charge in [0.1, 0.15) is 5.69 Å². The predicted molar refractivity (Wildman–Crippen MR) is 69.4 cm³/mol. The number of rotatable bonds is 4. The molecule has 3 heteroatoms. The van der Waals surface area contributed by atoms with E-state index < -0.39 is 0 Å². The minimum absolute atomic E-state index is 0.365. The molecule has 0 fully saturated rings. The minimum Gasteiger partial charge on any atom is -0.461 e. The highest BCUT2D eigenvalue weighted by Crippen LogP contribution is 2.10. The van der Waals surface area contributed by atoms with Crippen LogP contribution in [0, 0.1) is 0 Å². The first-order chi connectivity index (χ1) is 8.79. The third-order valence-electron chi connectivity index (χ3n) is 2.56. The molecule has 0 unspecified atom stereocenters. The van der Waals surface area contributed by atoms with Crippen LogP contribution in [0.5, 0.6) is 0 Å². The average molecular weight is 241 g/mol. The molecule has 18 heavy (non-hydrogen) atoms. The number of nitrogens with zero attached hydrogens (tertiary/aromatic N) is 1. The lowest BCUT2D eigenvalue weighted by Gasteiger charge is -2.04. The highest BCUT2D eigenvalue weighted by molar-refractivity contribution is 5.87. The summed E-state index contributed by atoms with van der Waals surface area (Å²) < 4.78 is 4.93. The molecule has 0 amide bonds. The lowest BCUT2D eigenvalue weighted by molar-refractivity contribution is 0.0519. The molecule has 1 heterocycles. The van der Waals surface area contributed by atoms with Gasteiger partial charge in [-0.25, -0.2) is 9.78 Å². The lowest BCUT2D eigenvalue weighted by atomic mass is 10.1. The highest BCUT2D eigenvalue weighted by atomic mass is 16.5. The zero-order valence-electron chi connectivity index (χ0n) is 10.3. The number of benzene rings is 1. The molecule has 0 spiro atoms. The second-order valence-electron chi connectivity index (χ2n) is 3.93. The van der Waals surface area contributed by atoms with Gasteiger partial charge in [0.2, 0.25) is 0 Å². The van der Waals surface area contributed by atoms with Gasteiger partial charge in [-0.2, -0.15) is 0 Å². The smallest absolute Gasteiger partial charge is 0.356 e. The van der Waals surface area contributed by atoms with E-state index in [4.69, 9.17) is 4.74 Å². The molecule has 0 saturated heterocycles. The number of carbonyl (C=O) groups is 1. The van der Waals surface area contributed by atoms with Crippen LogP contribution in [0.4, 0.5) is 0 Å². The number of hydrogen-bond acceptors (Lipinski definition) is 3. The van der Waals surface area contributed by atoms with Crippen LogP contribution in [-0.2, 0) is 11.2 Å². The van der Waals surface area contributed by atoms with Crippen LogP contribution in [0.25, 0.3) is 0 Å². The fraction of sp³-hybridized carbons (Fsp3) is 0.200. The molecule has 1 aromatic heterocycles. The number of ether oxygens (including phenoxy) is 1. The number of esters is 1. The summed E-state index contributed by atoms with van der Waals surface area (Å²) in [5, 5.41) is 0. The molecule has 2 rings (SSSR count). The zero-order chi connectivity index (χ0) is 12.8. The van der Waals surface area contributed by atoms with E-state index in [1.807, 2.05) is 24.3 Å². The summed E-state index contributed by atoms with van der Waals surface area (Å²) in [6, 6.07) is 13.8. The van der Waals surface area contributed by atoms with Crippen molar-refractivity contribution in [1.29, 1.82) is 0 Å². The first kappa shape index (κ1) is 12.3. The Kier molecular flexibility index (Phi) is 4.07. The fourth-order valence-corrected chi connectivity index (χ4v) is 1.73. The van der Waals surface area contributed by atoms with Crippen molar-refractivity contribution in [2.24, 2.45) is 0 Å². The van der Waals surface area contributed by atoms with Gasteiger partial charge in [-0.3, -0.25) is 0 Å². The van der Waals surface area contributed by atoms with E-state index in [2.05, 4.69) is 17.1 Å². The van der Waals surface area contributed by atoms with E-state index in [1.54, 1.807) is 19.2 Å². The Bertz CT molecular complexity index is 523. The average Bonchev–Trinajstić information content (AvgIpc) is 2.40. The van der Waals surface area contributed by atoms with Crippen LogP contribution in [-0.4, -0.2) is 17.6 Å². The van der Waals surface area contributed by atoms with Gasteiger partial charge in [0.05, 0.1) is 6.61 Å². The Labute approximate surface area is 106 Å². The molecule has 0 atom stereocenters. The monoisotopic (exact) mass is 241 g/mol. The van der Waals surface area contributed by atoms with E-state index in [0.29, 0.717) is 12.3 Å². The maximum Gasteiger partial charge on any atom is 0.356 e. The molecule has 1 aromatic carbocycles. The van der Waals surface area contributed by atoms with Crippen LogP contribution in [0.15, 0.2) is 48.7 Å². The normalized spacial score (nSPS) is 10.1. The van der Waals surface area contributed by atoms with Crippen molar-refractivity contribution in [2.75, 3.05) is 6.61 Å². The summed E-state index contributed by atoms with van der Waals surface area (Å²) in [5.74, 6) is -0.368. The Balaban J connectivity index is 2.15. The molecule has 0 radical (unpaired) electrons. The molecule has 0 aliphatic heterocycles. The molecule has 0 N–H and O–H groups in total. The van der Waals surface area contributed by atoms with Crippen LogP contribution in [0.3, 0.4) is 0 Å². The summed E-state index contributed by atoms with van der Waals surface area (Å²) >= 11 is 0. The van der Waals surface area contributed by atoms with Crippen LogP contribution >= 0.6 is 0 Å². The van der Waals surface area contributed by atoms with E-state index in [9.17, 15) is 4.79 Å². The molecule has 2 aromatic rings. The largest absolute Gasteiger partial charge is 0.461 e. The minimum atomic E-state index is -0.368.